The van der Waals surface area contributed by atoms with Gasteiger partial charge in [0.15, 0.2) is 0 Å². The minimum atomic E-state index is 0.322. The lowest BCUT2D eigenvalue weighted by molar-refractivity contribution is 0.481. The van der Waals surface area contributed by atoms with E-state index in [4.69, 9.17) is 14.8 Å². The lowest BCUT2D eigenvalue weighted by Gasteiger charge is -2.14. The van der Waals surface area contributed by atoms with E-state index in [-0.39, 0.29) is 0 Å². The molecule has 5 nitrogen and oxygen atoms in total. The van der Waals surface area contributed by atoms with Gasteiger partial charge in [-0.15, -0.1) is 0 Å². The van der Waals surface area contributed by atoms with E-state index in [2.05, 4.69) is 138 Å². The number of aryl methyl sites for hydroxylation is 3. The largest absolute Gasteiger partial charge is 0.457 e. The number of benzene rings is 4. The van der Waals surface area contributed by atoms with Crippen molar-refractivity contribution in [3.63, 3.8) is 0 Å². The van der Waals surface area contributed by atoms with E-state index in [0.717, 1.165) is 39.6 Å². The van der Waals surface area contributed by atoms with Gasteiger partial charge in [0.05, 0.1) is 22.9 Å². The van der Waals surface area contributed by atoms with Gasteiger partial charge in [-0.1, -0.05) is 58.0 Å². The molecule has 7 aromatic rings. The van der Waals surface area contributed by atoms with Gasteiger partial charge in [0.25, 0.3) is 0 Å². The van der Waals surface area contributed by atoms with Gasteiger partial charge in [0, 0.05) is 40.9 Å². The first-order chi connectivity index (χ1) is 22.2. The predicted octanol–water partition coefficient (Wildman–Crippen LogP) is 11.0. The zero-order valence-corrected chi connectivity index (χ0v) is 27.7. The van der Waals surface area contributed by atoms with E-state index < -0.39 is 0 Å². The molecule has 0 bridgehead atoms. The topological polar surface area (TPSA) is 44.9 Å². The highest BCUT2D eigenvalue weighted by molar-refractivity contribution is 6.09. The third-order valence-corrected chi connectivity index (χ3v) is 8.95. The molecule has 0 unspecified atom stereocenters. The average molecular weight is 605 g/mol. The maximum atomic E-state index is 6.64. The van der Waals surface area contributed by atoms with Gasteiger partial charge in [-0.2, -0.15) is 5.10 Å². The van der Waals surface area contributed by atoms with Crippen LogP contribution in [0.5, 0.6) is 11.5 Å². The minimum Gasteiger partial charge on any atom is -0.457 e. The summed E-state index contributed by atoms with van der Waals surface area (Å²) in [6.07, 6.45) is 5.97. The van der Waals surface area contributed by atoms with Crippen LogP contribution in [0.3, 0.4) is 0 Å². The van der Waals surface area contributed by atoms with Gasteiger partial charge in [-0.05, 0) is 108 Å². The summed E-state index contributed by atoms with van der Waals surface area (Å²) in [5.41, 5.74) is 11.8. The van der Waals surface area contributed by atoms with Gasteiger partial charge in [-0.3, -0.25) is 4.57 Å². The molecule has 0 saturated carbocycles. The molecule has 0 spiro atoms. The number of rotatable bonds is 7. The molecule has 46 heavy (non-hydrogen) atoms. The maximum Gasteiger partial charge on any atom is 0.137 e. The highest BCUT2D eigenvalue weighted by Crippen LogP contribution is 2.37. The molecule has 0 amide bonds. The molecule has 0 N–H and O–H groups in total. The Morgan fingerprint density at radius 3 is 2.13 bits per heavy atom. The Labute approximate surface area is 271 Å². The second-order valence-electron chi connectivity index (χ2n) is 13.1. The fourth-order valence-corrected chi connectivity index (χ4v) is 6.55. The molecule has 0 atom stereocenters. The average Bonchev–Trinajstić information content (AvgIpc) is 3.63. The van der Waals surface area contributed by atoms with Crippen LogP contribution in [0.25, 0.3) is 44.4 Å². The molecule has 0 saturated heterocycles. The van der Waals surface area contributed by atoms with Crippen LogP contribution in [0.15, 0.2) is 104 Å². The third kappa shape index (κ3) is 5.36. The maximum absolute atomic E-state index is 6.64. The zero-order chi connectivity index (χ0) is 32.1. The fraction of sp³-hybridized carbons (Fsp3) is 0.220. The first kappa shape index (κ1) is 29.5. The molecule has 3 heterocycles. The molecule has 0 radical (unpaired) electrons. The summed E-state index contributed by atoms with van der Waals surface area (Å²) in [6.45, 7) is 15.4. The van der Waals surface area contributed by atoms with Crippen molar-refractivity contribution in [3.05, 3.63) is 131 Å². The molecule has 5 heteroatoms. The lowest BCUT2D eigenvalue weighted by Crippen LogP contribution is -1.99. The van der Waals surface area contributed by atoms with E-state index in [1.807, 2.05) is 23.1 Å². The van der Waals surface area contributed by atoms with E-state index >= 15 is 0 Å². The zero-order valence-electron chi connectivity index (χ0n) is 27.7. The number of pyridine rings is 1. The van der Waals surface area contributed by atoms with Crippen molar-refractivity contribution in [1.29, 1.82) is 0 Å². The Kier molecular flexibility index (Phi) is 7.48. The van der Waals surface area contributed by atoms with Crippen molar-refractivity contribution >= 4 is 21.8 Å². The first-order valence-corrected chi connectivity index (χ1v) is 16.1. The van der Waals surface area contributed by atoms with Gasteiger partial charge >= 0.3 is 0 Å². The Morgan fingerprint density at radius 1 is 0.674 bits per heavy atom. The third-order valence-electron chi connectivity index (χ3n) is 8.95. The van der Waals surface area contributed by atoms with Crippen molar-refractivity contribution in [3.8, 4) is 34.1 Å². The van der Waals surface area contributed by atoms with E-state index in [0.29, 0.717) is 11.8 Å². The molecule has 4 aromatic carbocycles. The molecular formula is C41H40N4O. The summed E-state index contributed by atoms with van der Waals surface area (Å²) in [7, 11) is 0. The summed E-state index contributed by atoms with van der Waals surface area (Å²) in [5.74, 6) is 3.26. The van der Waals surface area contributed by atoms with Crippen LogP contribution in [-0.4, -0.2) is 19.3 Å². The Bertz CT molecular complexity index is 2210. The number of ether oxygens (including phenoxy) is 1. The van der Waals surface area contributed by atoms with Gasteiger partial charge in [-0.25, -0.2) is 9.67 Å². The van der Waals surface area contributed by atoms with Crippen molar-refractivity contribution in [1.82, 2.24) is 19.3 Å². The van der Waals surface area contributed by atoms with E-state index in [1.54, 1.807) is 0 Å². The minimum absolute atomic E-state index is 0.322. The number of fused-ring (bicyclic) bond motifs is 3. The predicted molar refractivity (Wildman–Crippen MR) is 190 cm³/mol. The quantitative estimate of drug-likeness (QED) is 0.182. The Hall–Kier alpha value is -5.16. The van der Waals surface area contributed by atoms with Crippen LogP contribution in [0.4, 0.5) is 0 Å². The first-order valence-electron chi connectivity index (χ1n) is 16.1. The Balaban J connectivity index is 1.29. The molecule has 0 aliphatic rings. The number of nitrogens with zero attached hydrogens (tertiary/aromatic N) is 4. The molecule has 0 aliphatic carbocycles. The van der Waals surface area contributed by atoms with Crippen LogP contribution >= 0.6 is 0 Å². The number of aromatic nitrogens is 4. The van der Waals surface area contributed by atoms with E-state index in [1.165, 1.54) is 44.2 Å². The standard InChI is InChI=1S/C41H40N4O/c1-25(2)30-17-28(6)41(29(7)18-30)32-23-43-44(24-32)33-19-31(26(3)4)20-35(21-33)46-34-12-13-37-36-10-8-9-11-38(36)45(39(37)22-34)40-16-27(5)14-15-42-40/h8-26H,1-7H3. The summed E-state index contributed by atoms with van der Waals surface area (Å²) < 4.78 is 10.8. The van der Waals surface area contributed by atoms with Gasteiger partial charge in [0.2, 0.25) is 0 Å². The molecule has 3 aromatic heterocycles. The molecule has 7 rings (SSSR count). The SMILES string of the molecule is Cc1ccnc(-n2c3ccccc3c3ccc(Oc4cc(C(C)C)cc(-n5cc(-c6c(C)cc(C(C)C)cc6C)cn5)c4)cc32)c1. The van der Waals surface area contributed by atoms with E-state index in [9.17, 15) is 0 Å². The normalized spacial score (nSPS) is 11.8. The van der Waals surface area contributed by atoms with Gasteiger partial charge in [0.1, 0.15) is 17.3 Å². The van der Waals surface area contributed by atoms with Crippen molar-refractivity contribution in [2.75, 3.05) is 0 Å². The summed E-state index contributed by atoms with van der Waals surface area (Å²) in [4.78, 5) is 4.73. The summed E-state index contributed by atoms with van der Waals surface area (Å²) in [6, 6.07) is 30.0. The second-order valence-corrected chi connectivity index (χ2v) is 13.1. The summed E-state index contributed by atoms with van der Waals surface area (Å²) >= 11 is 0. The van der Waals surface area contributed by atoms with Crippen molar-refractivity contribution < 1.29 is 4.74 Å². The fourth-order valence-electron chi connectivity index (χ4n) is 6.55. The second kappa shape index (κ2) is 11.6. The van der Waals surface area contributed by atoms with Crippen LogP contribution in [-0.2, 0) is 0 Å². The number of hydrogen-bond donors (Lipinski definition) is 0. The smallest absolute Gasteiger partial charge is 0.137 e. The van der Waals surface area contributed by atoms with Gasteiger partial charge < -0.3 is 4.74 Å². The van der Waals surface area contributed by atoms with Crippen molar-refractivity contribution in [2.24, 2.45) is 0 Å². The van der Waals surface area contributed by atoms with Crippen LogP contribution < -0.4 is 4.74 Å². The van der Waals surface area contributed by atoms with Crippen LogP contribution in [0, 0.1) is 20.8 Å². The number of hydrogen-bond acceptors (Lipinski definition) is 3. The monoisotopic (exact) mass is 604 g/mol. The molecule has 230 valence electrons. The molecule has 0 aliphatic heterocycles. The molecule has 0 fully saturated rings. The highest BCUT2D eigenvalue weighted by Gasteiger charge is 2.16. The lowest BCUT2D eigenvalue weighted by atomic mass is 9.91. The Morgan fingerprint density at radius 2 is 1.39 bits per heavy atom. The van der Waals surface area contributed by atoms with Crippen LogP contribution in [0.2, 0.25) is 0 Å². The highest BCUT2D eigenvalue weighted by atomic mass is 16.5. The van der Waals surface area contributed by atoms with Crippen molar-refractivity contribution in [2.45, 2.75) is 60.3 Å². The molecular weight excluding hydrogens is 564 g/mol. The number of para-hydroxylation sites is 1. The van der Waals surface area contributed by atoms with Crippen LogP contribution in [0.1, 0.15) is 67.3 Å². The summed E-state index contributed by atoms with van der Waals surface area (Å²) in [5, 5.41) is 7.18.